The zero-order valence-corrected chi connectivity index (χ0v) is 13.9. The van der Waals surface area contributed by atoms with Gasteiger partial charge in [0, 0.05) is 43.5 Å². The quantitative estimate of drug-likeness (QED) is 0.946. The van der Waals surface area contributed by atoms with Crippen LogP contribution in [0.2, 0.25) is 0 Å². The number of benzene rings is 1. The highest BCUT2D eigenvalue weighted by atomic mass is 16.6. The maximum Gasteiger partial charge on any atom is 0.410 e. The summed E-state index contributed by atoms with van der Waals surface area (Å²) in [5.41, 5.74) is 0.813. The summed E-state index contributed by atoms with van der Waals surface area (Å²) in [5, 5.41) is 5.87. The van der Waals surface area contributed by atoms with E-state index in [0.29, 0.717) is 19.1 Å². The highest BCUT2D eigenvalue weighted by Crippen LogP contribution is 2.19. The van der Waals surface area contributed by atoms with E-state index in [1.54, 1.807) is 4.90 Å². The molecule has 122 valence electrons. The van der Waals surface area contributed by atoms with Crippen LogP contribution >= 0.6 is 0 Å². The van der Waals surface area contributed by atoms with Gasteiger partial charge >= 0.3 is 6.09 Å². The van der Waals surface area contributed by atoms with Crippen LogP contribution < -0.4 is 5.32 Å². The normalized spacial score (nSPS) is 15.5. The van der Waals surface area contributed by atoms with Crippen molar-refractivity contribution in [1.29, 1.82) is 0 Å². The number of rotatable bonds is 3. The van der Waals surface area contributed by atoms with Crippen LogP contribution in [0.1, 0.15) is 26.3 Å². The molecule has 3 rings (SSSR count). The maximum absolute atomic E-state index is 11.9. The summed E-state index contributed by atoms with van der Waals surface area (Å²) in [4.78, 5) is 17.8. The number of ether oxygens (including phenoxy) is 1. The van der Waals surface area contributed by atoms with Crippen LogP contribution in [-0.2, 0) is 11.3 Å². The second-order valence-corrected chi connectivity index (χ2v) is 6.98. The van der Waals surface area contributed by atoms with Crippen LogP contribution in [0.15, 0.2) is 36.7 Å². The number of nitrogens with one attached hydrogen (secondary N) is 1. The van der Waals surface area contributed by atoms with Gasteiger partial charge in [0.2, 0.25) is 0 Å². The zero-order valence-electron chi connectivity index (χ0n) is 13.9. The maximum atomic E-state index is 11.9. The summed E-state index contributed by atoms with van der Waals surface area (Å²) < 4.78 is 5.36. The number of fused-ring (bicyclic) bond motifs is 1. The standard InChI is InChI=1S/C18H23N3O2/c1-18(2,3)23-17(22)21-11-15(12-21)20-10-14-6-4-5-13-9-19-8-7-16(13)14/h4-9,15,20H,10-12H2,1-3H3. The van der Waals surface area contributed by atoms with E-state index in [2.05, 4.69) is 28.5 Å². The molecular weight excluding hydrogens is 290 g/mol. The lowest BCUT2D eigenvalue weighted by Crippen LogP contribution is -2.60. The van der Waals surface area contributed by atoms with E-state index >= 15 is 0 Å². The summed E-state index contributed by atoms with van der Waals surface area (Å²) in [6.45, 7) is 7.83. The molecule has 2 aromatic rings. The topological polar surface area (TPSA) is 54.5 Å². The van der Waals surface area contributed by atoms with Gasteiger partial charge in [0.25, 0.3) is 0 Å². The van der Waals surface area contributed by atoms with Crippen molar-refractivity contribution in [3.63, 3.8) is 0 Å². The van der Waals surface area contributed by atoms with E-state index in [1.165, 1.54) is 10.9 Å². The lowest BCUT2D eigenvalue weighted by molar-refractivity contribution is 0.00519. The van der Waals surface area contributed by atoms with Crippen molar-refractivity contribution in [2.75, 3.05) is 13.1 Å². The zero-order chi connectivity index (χ0) is 16.4. The molecule has 1 saturated heterocycles. The van der Waals surface area contributed by atoms with Crippen LogP contribution in [0.3, 0.4) is 0 Å². The largest absolute Gasteiger partial charge is 0.444 e. The molecule has 5 heteroatoms. The fourth-order valence-corrected chi connectivity index (χ4v) is 2.68. The minimum Gasteiger partial charge on any atom is -0.444 e. The Hall–Kier alpha value is -2.14. The Morgan fingerprint density at radius 3 is 2.87 bits per heavy atom. The smallest absolute Gasteiger partial charge is 0.410 e. The summed E-state index contributed by atoms with van der Waals surface area (Å²) in [7, 11) is 0. The van der Waals surface area contributed by atoms with Gasteiger partial charge in [-0.2, -0.15) is 0 Å². The van der Waals surface area contributed by atoms with E-state index in [4.69, 9.17) is 4.74 Å². The van der Waals surface area contributed by atoms with Crippen molar-refractivity contribution in [2.45, 2.75) is 39.0 Å². The molecule has 1 amide bonds. The van der Waals surface area contributed by atoms with Crippen molar-refractivity contribution in [3.8, 4) is 0 Å². The molecule has 1 aliphatic rings. The van der Waals surface area contributed by atoms with Crippen molar-refractivity contribution < 1.29 is 9.53 Å². The Morgan fingerprint density at radius 1 is 1.35 bits per heavy atom. The van der Waals surface area contributed by atoms with E-state index in [0.717, 1.165) is 11.9 Å². The Bertz CT molecular complexity index is 697. The van der Waals surface area contributed by atoms with Crippen molar-refractivity contribution in [3.05, 3.63) is 42.2 Å². The van der Waals surface area contributed by atoms with E-state index in [1.807, 2.05) is 39.2 Å². The first-order valence-corrected chi connectivity index (χ1v) is 7.95. The van der Waals surface area contributed by atoms with Crippen molar-refractivity contribution >= 4 is 16.9 Å². The first kappa shape index (κ1) is 15.7. The Kier molecular flexibility index (Phi) is 4.22. The number of carbonyl (C=O) groups is 1. The molecule has 1 aliphatic heterocycles. The summed E-state index contributed by atoms with van der Waals surface area (Å²) in [6.07, 6.45) is 3.47. The Balaban J connectivity index is 1.52. The van der Waals surface area contributed by atoms with E-state index in [9.17, 15) is 4.79 Å². The molecule has 0 spiro atoms. The molecule has 2 heterocycles. The van der Waals surface area contributed by atoms with Crippen LogP contribution in [0.5, 0.6) is 0 Å². The third kappa shape index (κ3) is 3.79. The lowest BCUT2D eigenvalue weighted by atomic mass is 10.1. The van der Waals surface area contributed by atoms with Crippen LogP contribution in [0.25, 0.3) is 10.8 Å². The second-order valence-electron chi connectivity index (χ2n) is 6.98. The molecule has 23 heavy (non-hydrogen) atoms. The number of likely N-dealkylation sites (tertiary alicyclic amines) is 1. The van der Waals surface area contributed by atoms with Gasteiger partial charge in [0.1, 0.15) is 5.60 Å². The predicted molar refractivity (Wildman–Crippen MR) is 90.2 cm³/mol. The lowest BCUT2D eigenvalue weighted by Gasteiger charge is -2.40. The monoisotopic (exact) mass is 313 g/mol. The van der Waals surface area contributed by atoms with Gasteiger partial charge in [0.15, 0.2) is 0 Å². The highest BCUT2D eigenvalue weighted by molar-refractivity contribution is 5.84. The molecule has 0 aliphatic carbocycles. The highest BCUT2D eigenvalue weighted by Gasteiger charge is 2.33. The number of nitrogens with zero attached hydrogens (tertiary/aromatic N) is 2. The fourth-order valence-electron chi connectivity index (χ4n) is 2.68. The molecule has 1 aromatic carbocycles. The number of carbonyl (C=O) groups excluding carboxylic acids is 1. The minimum atomic E-state index is -0.438. The van der Waals surface area contributed by atoms with Gasteiger partial charge in [-0.3, -0.25) is 4.98 Å². The van der Waals surface area contributed by atoms with Gasteiger partial charge in [-0.1, -0.05) is 18.2 Å². The van der Waals surface area contributed by atoms with Crippen LogP contribution in [0.4, 0.5) is 4.79 Å². The van der Waals surface area contributed by atoms with Gasteiger partial charge in [0.05, 0.1) is 0 Å². The third-order valence-electron chi connectivity index (χ3n) is 3.89. The molecule has 0 bridgehead atoms. The Labute approximate surface area is 136 Å². The molecule has 1 aromatic heterocycles. The van der Waals surface area contributed by atoms with Gasteiger partial charge in [-0.25, -0.2) is 4.79 Å². The van der Waals surface area contributed by atoms with Gasteiger partial charge in [-0.15, -0.1) is 0 Å². The molecule has 5 nitrogen and oxygen atoms in total. The first-order chi connectivity index (χ1) is 10.9. The van der Waals surface area contributed by atoms with E-state index in [-0.39, 0.29) is 6.09 Å². The molecule has 0 saturated carbocycles. The molecule has 1 fully saturated rings. The fraction of sp³-hybridized carbons (Fsp3) is 0.444. The van der Waals surface area contributed by atoms with Crippen LogP contribution in [-0.4, -0.2) is 40.7 Å². The average molecular weight is 313 g/mol. The van der Waals surface area contributed by atoms with Crippen LogP contribution in [0, 0.1) is 0 Å². The number of aromatic nitrogens is 1. The number of amides is 1. The molecule has 0 unspecified atom stereocenters. The Morgan fingerprint density at radius 2 is 2.13 bits per heavy atom. The van der Waals surface area contributed by atoms with E-state index < -0.39 is 5.60 Å². The van der Waals surface area contributed by atoms with Gasteiger partial charge < -0.3 is 15.0 Å². The summed E-state index contributed by atoms with van der Waals surface area (Å²) in [5.74, 6) is 0. The summed E-state index contributed by atoms with van der Waals surface area (Å²) >= 11 is 0. The number of pyridine rings is 1. The third-order valence-corrected chi connectivity index (χ3v) is 3.89. The number of hydrogen-bond acceptors (Lipinski definition) is 4. The first-order valence-electron chi connectivity index (χ1n) is 7.95. The van der Waals surface area contributed by atoms with Crippen molar-refractivity contribution in [1.82, 2.24) is 15.2 Å². The molecule has 1 N–H and O–H groups in total. The van der Waals surface area contributed by atoms with Gasteiger partial charge in [-0.05, 0) is 37.8 Å². The second kappa shape index (κ2) is 6.16. The van der Waals surface area contributed by atoms with Crippen molar-refractivity contribution in [2.24, 2.45) is 0 Å². The summed E-state index contributed by atoms with van der Waals surface area (Å²) in [6, 6.07) is 8.60. The molecule has 0 radical (unpaired) electrons. The number of hydrogen-bond donors (Lipinski definition) is 1. The molecule has 0 atom stereocenters. The minimum absolute atomic E-state index is 0.230. The predicted octanol–water partition coefficient (Wildman–Crippen LogP) is 2.94. The molecular formula is C18H23N3O2. The SMILES string of the molecule is CC(C)(C)OC(=O)N1CC(NCc2cccc3cnccc23)C1. The average Bonchev–Trinajstić information content (AvgIpc) is 2.44.